The fraction of sp³-hybridized carbons (Fsp3) is 0.0769. The van der Waals surface area contributed by atoms with E-state index in [2.05, 4.69) is 0 Å². The van der Waals surface area contributed by atoms with Crippen molar-refractivity contribution in [2.45, 2.75) is 0 Å². The van der Waals surface area contributed by atoms with Gasteiger partial charge in [-0.25, -0.2) is 0 Å². The van der Waals surface area contributed by atoms with Crippen molar-refractivity contribution in [2.24, 2.45) is 0 Å². The average molecular weight is 276 g/mol. The van der Waals surface area contributed by atoms with Gasteiger partial charge in [-0.1, -0.05) is 18.2 Å². The maximum Gasteiger partial charge on any atom is 0.323 e. The molecule has 2 aromatic rings. The summed E-state index contributed by atoms with van der Waals surface area (Å²) in [5, 5.41) is 10.7. The third-order valence-corrected chi connectivity index (χ3v) is 3.36. The first-order valence-corrected chi connectivity index (χ1v) is 6.39. The topological polar surface area (TPSA) is 83.6 Å². The Labute approximate surface area is 113 Å². The summed E-state index contributed by atoms with van der Waals surface area (Å²) in [6.07, 6.45) is 0. The van der Waals surface area contributed by atoms with E-state index in [9.17, 15) is 9.59 Å². The van der Waals surface area contributed by atoms with Crippen LogP contribution in [0.25, 0.3) is 0 Å². The number of carboxylic acids is 1. The second-order valence-corrected chi connectivity index (χ2v) is 4.77. The Morgan fingerprint density at radius 3 is 2.53 bits per heavy atom. The largest absolute Gasteiger partial charge is 0.480 e. The molecule has 0 saturated heterocycles. The second kappa shape index (κ2) is 5.53. The number of carbonyl (C=O) groups is 2. The number of nitrogens with two attached hydrogens (primary N) is 1. The SMILES string of the molecule is Nc1ccccc1N(CC(=O)O)C(=O)c1cccs1. The number of nitrogens with zero attached hydrogens (tertiary/aromatic N) is 1. The van der Waals surface area contributed by atoms with Crippen molar-refractivity contribution in [3.8, 4) is 0 Å². The van der Waals surface area contributed by atoms with Gasteiger partial charge in [0.25, 0.3) is 5.91 Å². The molecule has 6 heteroatoms. The minimum atomic E-state index is -1.09. The number of benzene rings is 1. The van der Waals surface area contributed by atoms with Gasteiger partial charge in [-0.05, 0) is 23.6 Å². The van der Waals surface area contributed by atoms with Crippen LogP contribution >= 0.6 is 11.3 Å². The molecule has 0 aliphatic carbocycles. The zero-order valence-corrected chi connectivity index (χ0v) is 10.8. The zero-order valence-electron chi connectivity index (χ0n) is 9.95. The van der Waals surface area contributed by atoms with Crippen molar-refractivity contribution in [3.05, 3.63) is 46.7 Å². The summed E-state index contributed by atoms with van der Waals surface area (Å²) in [7, 11) is 0. The molecule has 0 saturated carbocycles. The van der Waals surface area contributed by atoms with Gasteiger partial charge in [0.15, 0.2) is 0 Å². The molecule has 0 atom stereocenters. The molecule has 0 radical (unpaired) electrons. The molecule has 19 heavy (non-hydrogen) atoms. The van der Waals surface area contributed by atoms with Gasteiger partial charge in [-0.15, -0.1) is 11.3 Å². The number of hydrogen-bond acceptors (Lipinski definition) is 4. The monoisotopic (exact) mass is 276 g/mol. The third-order valence-electron chi connectivity index (χ3n) is 2.50. The van der Waals surface area contributed by atoms with Crippen LogP contribution in [-0.2, 0) is 4.79 Å². The van der Waals surface area contributed by atoms with Gasteiger partial charge in [0.2, 0.25) is 0 Å². The average Bonchev–Trinajstić information content (AvgIpc) is 2.90. The molecule has 2 rings (SSSR count). The van der Waals surface area contributed by atoms with Crippen molar-refractivity contribution in [2.75, 3.05) is 17.2 Å². The van der Waals surface area contributed by atoms with E-state index >= 15 is 0 Å². The van der Waals surface area contributed by atoms with Gasteiger partial charge in [0, 0.05) is 0 Å². The van der Waals surface area contributed by atoms with Gasteiger partial charge in [-0.2, -0.15) is 0 Å². The standard InChI is InChI=1S/C13H12N2O3S/c14-9-4-1-2-5-10(9)15(8-12(16)17)13(18)11-6-3-7-19-11/h1-7H,8,14H2,(H,16,17). The van der Waals surface area contributed by atoms with Crippen molar-refractivity contribution >= 4 is 34.6 Å². The van der Waals surface area contributed by atoms with Crippen LogP contribution < -0.4 is 10.6 Å². The minimum absolute atomic E-state index is 0.365. The molecule has 0 aliphatic rings. The van der Waals surface area contributed by atoms with E-state index in [0.29, 0.717) is 16.3 Å². The summed E-state index contributed by atoms with van der Waals surface area (Å²) in [6.45, 7) is -0.426. The van der Waals surface area contributed by atoms with Crippen LogP contribution in [0.4, 0.5) is 11.4 Å². The highest BCUT2D eigenvalue weighted by Crippen LogP contribution is 2.25. The lowest BCUT2D eigenvalue weighted by atomic mass is 10.2. The van der Waals surface area contributed by atoms with Gasteiger partial charge >= 0.3 is 5.97 Å². The summed E-state index contributed by atoms with van der Waals surface area (Å²) in [5.41, 5.74) is 6.58. The van der Waals surface area contributed by atoms with Crippen LogP contribution in [0.1, 0.15) is 9.67 Å². The van der Waals surface area contributed by atoms with Crippen LogP contribution in [0.5, 0.6) is 0 Å². The summed E-state index contributed by atoms with van der Waals surface area (Å²) < 4.78 is 0. The first-order chi connectivity index (χ1) is 9.09. The first-order valence-electron chi connectivity index (χ1n) is 5.51. The van der Waals surface area contributed by atoms with Gasteiger partial charge in [-0.3, -0.25) is 14.5 Å². The van der Waals surface area contributed by atoms with Crippen molar-refractivity contribution in [1.82, 2.24) is 0 Å². The van der Waals surface area contributed by atoms with E-state index in [4.69, 9.17) is 10.8 Å². The number of carboxylic acid groups (broad SMARTS) is 1. The molecule has 0 spiro atoms. The molecule has 98 valence electrons. The fourth-order valence-corrected chi connectivity index (χ4v) is 2.34. The maximum atomic E-state index is 12.3. The fourth-order valence-electron chi connectivity index (χ4n) is 1.67. The minimum Gasteiger partial charge on any atom is -0.480 e. The quantitative estimate of drug-likeness (QED) is 0.837. The lowest BCUT2D eigenvalue weighted by molar-refractivity contribution is -0.135. The number of hydrogen-bond donors (Lipinski definition) is 2. The van der Waals surface area contributed by atoms with Crippen LogP contribution in [0, 0.1) is 0 Å². The van der Waals surface area contributed by atoms with E-state index in [-0.39, 0.29) is 5.91 Å². The van der Waals surface area contributed by atoms with Gasteiger partial charge in [0.1, 0.15) is 6.54 Å². The number of nitrogen functional groups attached to an aromatic ring is 1. The van der Waals surface area contributed by atoms with Crippen molar-refractivity contribution in [1.29, 1.82) is 0 Å². The molecule has 1 heterocycles. The van der Waals surface area contributed by atoms with E-state index in [1.54, 1.807) is 41.8 Å². The second-order valence-electron chi connectivity index (χ2n) is 3.82. The molecule has 5 nitrogen and oxygen atoms in total. The highest BCUT2D eigenvalue weighted by Gasteiger charge is 2.22. The number of para-hydroxylation sites is 2. The lowest BCUT2D eigenvalue weighted by Gasteiger charge is -2.21. The molecule has 0 aliphatic heterocycles. The number of amides is 1. The molecule has 3 N–H and O–H groups in total. The Kier molecular flexibility index (Phi) is 3.82. The summed E-state index contributed by atoms with van der Waals surface area (Å²) >= 11 is 1.26. The van der Waals surface area contributed by atoms with Crippen molar-refractivity contribution < 1.29 is 14.7 Å². The van der Waals surface area contributed by atoms with Crippen molar-refractivity contribution in [3.63, 3.8) is 0 Å². The molecule has 1 amide bonds. The Morgan fingerprint density at radius 2 is 1.95 bits per heavy atom. The zero-order chi connectivity index (χ0) is 13.8. The first kappa shape index (κ1) is 13.1. The predicted octanol–water partition coefficient (Wildman–Crippen LogP) is 2.06. The smallest absolute Gasteiger partial charge is 0.323 e. The molecule has 1 aromatic carbocycles. The molecule has 1 aromatic heterocycles. The molecule has 0 bridgehead atoms. The molecular weight excluding hydrogens is 264 g/mol. The van der Waals surface area contributed by atoms with Crippen LogP contribution in [0.3, 0.4) is 0 Å². The van der Waals surface area contributed by atoms with Crippen LogP contribution in [0.2, 0.25) is 0 Å². The van der Waals surface area contributed by atoms with E-state index in [1.807, 2.05) is 0 Å². The number of rotatable bonds is 4. The Hall–Kier alpha value is -2.34. The number of thiophene rings is 1. The molecule has 0 fully saturated rings. The maximum absolute atomic E-state index is 12.3. The number of carbonyl (C=O) groups excluding carboxylic acids is 1. The summed E-state index contributed by atoms with van der Waals surface area (Å²) in [6, 6.07) is 10.1. The van der Waals surface area contributed by atoms with E-state index in [1.165, 1.54) is 16.2 Å². The third kappa shape index (κ3) is 2.92. The normalized spacial score (nSPS) is 10.1. The number of anilines is 2. The Bertz CT molecular complexity index is 596. The summed E-state index contributed by atoms with van der Waals surface area (Å²) in [4.78, 5) is 24.9. The molecule has 0 unspecified atom stereocenters. The Morgan fingerprint density at radius 1 is 1.21 bits per heavy atom. The van der Waals surface area contributed by atoms with E-state index < -0.39 is 12.5 Å². The van der Waals surface area contributed by atoms with Gasteiger partial charge in [0.05, 0.1) is 16.3 Å². The highest BCUT2D eigenvalue weighted by molar-refractivity contribution is 7.12. The molecular formula is C13H12N2O3S. The number of aliphatic carboxylic acids is 1. The lowest BCUT2D eigenvalue weighted by Crippen LogP contribution is -2.35. The highest BCUT2D eigenvalue weighted by atomic mass is 32.1. The van der Waals surface area contributed by atoms with Crippen LogP contribution in [-0.4, -0.2) is 23.5 Å². The predicted molar refractivity (Wildman–Crippen MR) is 74.5 cm³/mol. The van der Waals surface area contributed by atoms with Crippen LogP contribution in [0.15, 0.2) is 41.8 Å². The van der Waals surface area contributed by atoms with Gasteiger partial charge < -0.3 is 10.8 Å². The Balaban J connectivity index is 2.39. The van der Waals surface area contributed by atoms with E-state index in [0.717, 1.165) is 0 Å². The summed E-state index contributed by atoms with van der Waals surface area (Å²) in [5.74, 6) is -1.46.